The molecule has 0 bridgehead atoms. The van der Waals surface area contributed by atoms with Crippen LogP contribution in [0.15, 0.2) is 24.3 Å². The molecule has 0 spiro atoms. The van der Waals surface area contributed by atoms with Crippen molar-refractivity contribution in [3.05, 3.63) is 29.8 Å². The summed E-state index contributed by atoms with van der Waals surface area (Å²) in [5, 5.41) is 3.38. The van der Waals surface area contributed by atoms with Gasteiger partial charge in [-0.15, -0.1) is 0 Å². The van der Waals surface area contributed by atoms with Crippen molar-refractivity contribution in [2.75, 3.05) is 26.4 Å². The Bertz CT molecular complexity index is 335. The highest BCUT2D eigenvalue weighted by atomic mass is 16.5. The summed E-state index contributed by atoms with van der Waals surface area (Å²) in [5.74, 6) is 1.57. The van der Waals surface area contributed by atoms with Gasteiger partial charge in [-0.25, -0.2) is 0 Å². The van der Waals surface area contributed by atoms with Gasteiger partial charge in [-0.05, 0) is 30.0 Å². The van der Waals surface area contributed by atoms with Gasteiger partial charge in [0.15, 0.2) is 0 Å². The van der Waals surface area contributed by atoms with Gasteiger partial charge in [-0.1, -0.05) is 39.3 Å². The SMILES string of the molecule is CCCCOc1ccc(CNCCOCC(C)C)cc1. The fourth-order valence-electron chi connectivity index (χ4n) is 1.73. The van der Waals surface area contributed by atoms with Gasteiger partial charge in [0, 0.05) is 19.7 Å². The molecular formula is C17H29NO2. The molecule has 114 valence electrons. The van der Waals surface area contributed by atoms with Crippen LogP contribution in [0.2, 0.25) is 0 Å². The molecule has 0 aromatic heterocycles. The van der Waals surface area contributed by atoms with E-state index < -0.39 is 0 Å². The van der Waals surface area contributed by atoms with Crippen LogP contribution in [0.4, 0.5) is 0 Å². The van der Waals surface area contributed by atoms with E-state index in [1.54, 1.807) is 0 Å². The van der Waals surface area contributed by atoms with Crippen LogP contribution in [0.25, 0.3) is 0 Å². The Morgan fingerprint density at radius 2 is 1.85 bits per heavy atom. The minimum Gasteiger partial charge on any atom is -0.494 e. The summed E-state index contributed by atoms with van der Waals surface area (Å²) < 4.78 is 11.2. The molecule has 0 fully saturated rings. The number of hydrogen-bond acceptors (Lipinski definition) is 3. The first-order valence-electron chi connectivity index (χ1n) is 7.72. The zero-order valence-corrected chi connectivity index (χ0v) is 13.2. The second kappa shape index (κ2) is 10.7. The molecule has 0 aliphatic carbocycles. The van der Waals surface area contributed by atoms with Gasteiger partial charge in [-0.2, -0.15) is 0 Å². The Morgan fingerprint density at radius 3 is 2.50 bits per heavy atom. The number of nitrogens with one attached hydrogen (secondary N) is 1. The number of benzene rings is 1. The quantitative estimate of drug-likeness (QED) is 0.627. The standard InChI is InChI=1S/C17H29NO2/c1-4-5-11-20-17-8-6-16(7-9-17)13-18-10-12-19-14-15(2)3/h6-9,15,18H,4-5,10-14H2,1-3H3. The van der Waals surface area contributed by atoms with E-state index in [-0.39, 0.29) is 0 Å². The summed E-state index contributed by atoms with van der Waals surface area (Å²) in [5.41, 5.74) is 1.27. The number of unbranched alkanes of at least 4 members (excludes halogenated alkanes) is 1. The number of hydrogen-bond donors (Lipinski definition) is 1. The Labute approximate surface area is 123 Å². The van der Waals surface area contributed by atoms with Crippen molar-refractivity contribution >= 4 is 0 Å². The van der Waals surface area contributed by atoms with Crippen LogP contribution in [0.1, 0.15) is 39.2 Å². The molecular weight excluding hydrogens is 250 g/mol. The lowest BCUT2D eigenvalue weighted by Gasteiger charge is -2.09. The zero-order chi connectivity index (χ0) is 14.6. The molecule has 0 atom stereocenters. The van der Waals surface area contributed by atoms with Crippen LogP contribution < -0.4 is 10.1 Å². The maximum Gasteiger partial charge on any atom is 0.119 e. The third kappa shape index (κ3) is 8.18. The third-order valence-electron chi connectivity index (χ3n) is 2.89. The Morgan fingerprint density at radius 1 is 1.10 bits per heavy atom. The van der Waals surface area contributed by atoms with E-state index in [1.807, 2.05) is 12.1 Å². The summed E-state index contributed by atoms with van der Waals surface area (Å²) in [4.78, 5) is 0. The summed E-state index contributed by atoms with van der Waals surface area (Å²) >= 11 is 0. The van der Waals surface area contributed by atoms with Gasteiger partial charge >= 0.3 is 0 Å². The van der Waals surface area contributed by atoms with Crippen LogP contribution in [0.5, 0.6) is 5.75 Å². The van der Waals surface area contributed by atoms with Crippen molar-refractivity contribution in [3.63, 3.8) is 0 Å². The number of rotatable bonds is 11. The Kier molecular flexibility index (Phi) is 9.09. The molecule has 20 heavy (non-hydrogen) atoms. The molecule has 0 aliphatic heterocycles. The van der Waals surface area contributed by atoms with Crippen molar-refractivity contribution in [2.24, 2.45) is 5.92 Å². The summed E-state index contributed by atoms with van der Waals surface area (Å²) in [6.07, 6.45) is 2.28. The van der Waals surface area contributed by atoms with Crippen molar-refractivity contribution in [2.45, 2.75) is 40.2 Å². The van der Waals surface area contributed by atoms with Gasteiger partial charge in [-0.3, -0.25) is 0 Å². The van der Waals surface area contributed by atoms with Crippen LogP contribution in [0, 0.1) is 5.92 Å². The Balaban J connectivity index is 2.11. The normalized spacial score (nSPS) is 11.0. The summed E-state index contributed by atoms with van der Waals surface area (Å²) in [7, 11) is 0. The molecule has 0 saturated carbocycles. The van der Waals surface area contributed by atoms with Crippen LogP contribution in [0.3, 0.4) is 0 Å². The van der Waals surface area contributed by atoms with Crippen LogP contribution in [-0.2, 0) is 11.3 Å². The van der Waals surface area contributed by atoms with Crippen LogP contribution >= 0.6 is 0 Å². The molecule has 1 rings (SSSR count). The fraction of sp³-hybridized carbons (Fsp3) is 0.647. The first kappa shape index (κ1) is 17.0. The van der Waals surface area contributed by atoms with E-state index in [1.165, 1.54) is 12.0 Å². The molecule has 3 nitrogen and oxygen atoms in total. The zero-order valence-electron chi connectivity index (χ0n) is 13.2. The van der Waals surface area contributed by atoms with Crippen LogP contribution in [-0.4, -0.2) is 26.4 Å². The molecule has 3 heteroatoms. The second-order valence-corrected chi connectivity index (χ2v) is 5.49. The van der Waals surface area contributed by atoms with Crippen molar-refractivity contribution in [1.82, 2.24) is 5.32 Å². The topological polar surface area (TPSA) is 30.5 Å². The molecule has 0 amide bonds. The molecule has 0 unspecified atom stereocenters. The molecule has 0 aliphatic rings. The van der Waals surface area contributed by atoms with Gasteiger partial charge < -0.3 is 14.8 Å². The monoisotopic (exact) mass is 279 g/mol. The van der Waals surface area contributed by atoms with Crippen molar-refractivity contribution in [1.29, 1.82) is 0 Å². The molecule has 0 radical (unpaired) electrons. The van der Waals surface area contributed by atoms with E-state index in [0.717, 1.165) is 45.1 Å². The smallest absolute Gasteiger partial charge is 0.119 e. The highest BCUT2D eigenvalue weighted by Crippen LogP contribution is 2.12. The lowest BCUT2D eigenvalue weighted by Crippen LogP contribution is -2.20. The first-order chi connectivity index (χ1) is 9.72. The second-order valence-electron chi connectivity index (χ2n) is 5.49. The fourth-order valence-corrected chi connectivity index (χ4v) is 1.73. The van der Waals surface area contributed by atoms with Gasteiger partial charge in [0.25, 0.3) is 0 Å². The van der Waals surface area contributed by atoms with E-state index in [2.05, 4.69) is 38.2 Å². The lowest BCUT2D eigenvalue weighted by molar-refractivity contribution is 0.111. The highest BCUT2D eigenvalue weighted by Gasteiger charge is 1.97. The summed E-state index contributed by atoms with van der Waals surface area (Å²) in [6, 6.07) is 8.32. The highest BCUT2D eigenvalue weighted by molar-refractivity contribution is 5.27. The molecule has 1 aromatic rings. The minimum absolute atomic E-state index is 0.607. The van der Waals surface area contributed by atoms with E-state index >= 15 is 0 Å². The largest absolute Gasteiger partial charge is 0.494 e. The van der Waals surface area contributed by atoms with E-state index in [4.69, 9.17) is 9.47 Å². The molecule has 1 aromatic carbocycles. The molecule has 0 heterocycles. The van der Waals surface area contributed by atoms with Gasteiger partial charge in [0.05, 0.1) is 13.2 Å². The predicted molar refractivity (Wildman–Crippen MR) is 84.2 cm³/mol. The average molecular weight is 279 g/mol. The third-order valence-corrected chi connectivity index (χ3v) is 2.89. The lowest BCUT2D eigenvalue weighted by atomic mass is 10.2. The van der Waals surface area contributed by atoms with Gasteiger partial charge in [0.2, 0.25) is 0 Å². The predicted octanol–water partition coefficient (Wildman–Crippen LogP) is 3.63. The molecule has 0 saturated heterocycles. The Hall–Kier alpha value is -1.06. The maximum absolute atomic E-state index is 5.64. The van der Waals surface area contributed by atoms with E-state index in [9.17, 15) is 0 Å². The van der Waals surface area contributed by atoms with Gasteiger partial charge in [0.1, 0.15) is 5.75 Å². The van der Waals surface area contributed by atoms with Crippen molar-refractivity contribution < 1.29 is 9.47 Å². The number of ether oxygens (including phenoxy) is 2. The maximum atomic E-state index is 5.64. The first-order valence-corrected chi connectivity index (χ1v) is 7.72. The van der Waals surface area contributed by atoms with E-state index in [0.29, 0.717) is 5.92 Å². The average Bonchev–Trinajstić information content (AvgIpc) is 2.44. The molecule has 1 N–H and O–H groups in total. The minimum atomic E-state index is 0.607. The van der Waals surface area contributed by atoms with Crippen molar-refractivity contribution in [3.8, 4) is 5.75 Å². The summed E-state index contributed by atoms with van der Waals surface area (Å²) in [6.45, 7) is 10.7.